The zero-order valence-electron chi connectivity index (χ0n) is 8.15. The number of carbonyl (C=O) groups excluding carboxylic acids is 1. The molecule has 0 aliphatic carbocycles. The Kier molecular flexibility index (Phi) is 2.97. The quantitative estimate of drug-likeness (QED) is 0.747. The van der Waals surface area contributed by atoms with E-state index < -0.39 is 5.82 Å². The Labute approximate surface area is 96.7 Å². The van der Waals surface area contributed by atoms with Crippen molar-refractivity contribution < 1.29 is 9.18 Å². The minimum absolute atomic E-state index is 0.0544. The van der Waals surface area contributed by atoms with Crippen LogP contribution in [0.3, 0.4) is 0 Å². The summed E-state index contributed by atoms with van der Waals surface area (Å²) in [4.78, 5) is 14.5. The molecular weight excluding hydrogens is 229 g/mol. The van der Waals surface area contributed by atoms with E-state index in [2.05, 4.69) is 4.98 Å². The highest BCUT2D eigenvalue weighted by molar-refractivity contribution is 6.31. The average Bonchev–Trinajstić information content (AvgIpc) is 2.33. The Morgan fingerprint density at radius 2 is 2.06 bits per heavy atom. The number of benzene rings is 1. The normalized spacial score (nSPS) is 10.1. The number of aldehydes is 1. The van der Waals surface area contributed by atoms with E-state index in [4.69, 9.17) is 11.6 Å². The van der Waals surface area contributed by atoms with Crippen LogP contribution in [0.15, 0.2) is 36.5 Å². The first-order valence-corrected chi connectivity index (χ1v) is 4.95. The number of aromatic nitrogens is 1. The van der Waals surface area contributed by atoms with Crippen LogP contribution in [0.25, 0.3) is 11.3 Å². The molecule has 80 valence electrons. The van der Waals surface area contributed by atoms with Gasteiger partial charge in [-0.2, -0.15) is 0 Å². The van der Waals surface area contributed by atoms with Gasteiger partial charge in [-0.3, -0.25) is 9.78 Å². The monoisotopic (exact) mass is 235 g/mol. The Morgan fingerprint density at radius 1 is 1.25 bits per heavy atom. The summed E-state index contributed by atoms with van der Waals surface area (Å²) < 4.78 is 12.9. The van der Waals surface area contributed by atoms with E-state index in [1.807, 2.05) is 0 Å². The molecule has 0 aliphatic heterocycles. The van der Waals surface area contributed by atoms with Crippen molar-refractivity contribution in [2.45, 2.75) is 0 Å². The van der Waals surface area contributed by atoms with Gasteiger partial charge in [0.2, 0.25) is 0 Å². The summed E-state index contributed by atoms with van der Waals surface area (Å²) >= 11 is 5.66. The van der Waals surface area contributed by atoms with Crippen molar-refractivity contribution in [2.24, 2.45) is 0 Å². The summed E-state index contributed by atoms with van der Waals surface area (Å²) in [6, 6.07) is 7.71. The number of hydrogen-bond donors (Lipinski definition) is 0. The molecule has 16 heavy (non-hydrogen) atoms. The summed E-state index contributed by atoms with van der Waals surface area (Å²) in [5, 5.41) is 0.0544. The van der Waals surface area contributed by atoms with Gasteiger partial charge in [0, 0.05) is 17.3 Å². The lowest BCUT2D eigenvalue weighted by atomic mass is 10.1. The second-order valence-corrected chi connectivity index (χ2v) is 3.63. The summed E-state index contributed by atoms with van der Waals surface area (Å²) in [5.41, 5.74) is 1.85. The number of halogens is 2. The predicted octanol–water partition coefficient (Wildman–Crippen LogP) is 3.35. The zero-order valence-corrected chi connectivity index (χ0v) is 8.91. The maximum absolute atomic E-state index is 12.9. The van der Waals surface area contributed by atoms with Crippen LogP contribution in [0.5, 0.6) is 0 Å². The number of pyridine rings is 1. The molecular formula is C12H7ClFNO. The van der Waals surface area contributed by atoms with Gasteiger partial charge in [-0.1, -0.05) is 11.6 Å². The van der Waals surface area contributed by atoms with E-state index in [1.165, 1.54) is 18.3 Å². The van der Waals surface area contributed by atoms with Crippen LogP contribution in [-0.2, 0) is 0 Å². The summed E-state index contributed by atoms with van der Waals surface area (Å²) in [5.74, 6) is -0.463. The SMILES string of the molecule is O=Cc1ccc(-c2ccc(F)c(Cl)c2)nc1. The van der Waals surface area contributed by atoms with Crippen molar-refractivity contribution in [3.63, 3.8) is 0 Å². The van der Waals surface area contributed by atoms with Crippen molar-refractivity contribution >= 4 is 17.9 Å². The van der Waals surface area contributed by atoms with Crippen molar-refractivity contribution in [1.82, 2.24) is 4.98 Å². The largest absolute Gasteiger partial charge is 0.298 e. The third-order valence-electron chi connectivity index (χ3n) is 2.14. The van der Waals surface area contributed by atoms with E-state index in [-0.39, 0.29) is 5.02 Å². The smallest absolute Gasteiger partial charge is 0.151 e. The van der Waals surface area contributed by atoms with Gasteiger partial charge in [-0.15, -0.1) is 0 Å². The molecule has 0 saturated carbocycles. The fourth-order valence-corrected chi connectivity index (χ4v) is 1.48. The first-order chi connectivity index (χ1) is 7.70. The second kappa shape index (κ2) is 4.41. The average molecular weight is 236 g/mol. The van der Waals surface area contributed by atoms with Crippen LogP contribution in [0.2, 0.25) is 5.02 Å². The zero-order chi connectivity index (χ0) is 11.5. The molecule has 1 aromatic carbocycles. The second-order valence-electron chi connectivity index (χ2n) is 3.22. The molecule has 0 saturated heterocycles. The van der Waals surface area contributed by atoms with Crippen molar-refractivity contribution in [1.29, 1.82) is 0 Å². The minimum Gasteiger partial charge on any atom is -0.298 e. The molecule has 1 aromatic heterocycles. The Bertz CT molecular complexity index is 525. The van der Waals surface area contributed by atoms with E-state index in [1.54, 1.807) is 18.2 Å². The van der Waals surface area contributed by atoms with Gasteiger partial charge >= 0.3 is 0 Å². The standard InChI is InChI=1S/C12H7ClFNO/c13-10-5-9(2-3-11(10)14)12-4-1-8(7-16)6-15-12/h1-7H. The molecule has 0 bridgehead atoms. The van der Waals surface area contributed by atoms with Gasteiger partial charge < -0.3 is 0 Å². The number of carbonyl (C=O) groups is 1. The molecule has 2 aromatic rings. The number of hydrogen-bond acceptors (Lipinski definition) is 2. The van der Waals surface area contributed by atoms with Crippen LogP contribution in [0.4, 0.5) is 4.39 Å². The van der Waals surface area contributed by atoms with Crippen LogP contribution < -0.4 is 0 Å². The maximum atomic E-state index is 12.9. The number of rotatable bonds is 2. The number of nitrogens with zero attached hydrogens (tertiary/aromatic N) is 1. The fourth-order valence-electron chi connectivity index (χ4n) is 1.30. The van der Waals surface area contributed by atoms with Gasteiger partial charge in [-0.25, -0.2) is 4.39 Å². The molecule has 0 N–H and O–H groups in total. The van der Waals surface area contributed by atoms with Crippen LogP contribution in [0.1, 0.15) is 10.4 Å². The van der Waals surface area contributed by atoms with Crippen molar-refractivity contribution in [2.75, 3.05) is 0 Å². The molecule has 0 radical (unpaired) electrons. The summed E-state index contributed by atoms with van der Waals surface area (Å²) in [6.07, 6.45) is 2.17. The first-order valence-electron chi connectivity index (χ1n) is 4.57. The summed E-state index contributed by atoms with van der Waals surface area (Å²) in [6.45, 7) is 0. The molecule has 2 nitrogen and oxygen atoms in total. The van der Waals surface area contributed by atoms with Crippen molar-refractivity contribution in [3.05, 3.63) is 52.9 Å². The van der Waals surface area contributed by atoms with E-state index >= 15 is 0 Å². The molecule has 0 unspecified atom stereocenters. The lowest BCUT2D eigenvalue weighted by Crippen LogP contribution is -1.87. The highest BCUT2D eigenvalue weighted by atomic mass is 35.5. The molecule has 1 heterocycles. The van der Waals surface area contributed by atoms with Gasteiger partial charge in [0.1, 0.15) is 5.82 Å². The predicted molar refractivity (Wildman–Crippen MR) is 60.0 cm³/mol. The lowest BCUT2D eigenvalue weighted by Gasteiger charge is -2.02. The van der Waals surface area contributed by atoms with Crippen molar-refractivity contribution in [3.8, 4) is 11.3 Å². The van der Waals surface area contributed by atoms with Gasteiger partial charge in [0.15, 0.2) is 6.29 Å². The maximum Gasteiger partial charge on any atom is 0.151 e. The van der Waals surface area contributed by atoms with E-state index in [0.717, 1.165) is 0 Å². The molecule has 0 spiro atoms. The molecule has 0 amide bonds. The van der Waals surface area contributed by atoms with Crippen LogP contribution >= 0.6 is 11.6 Å². The molecule has 0 atom stereocenters. The van der Waals surface area contributed by atoms with Gasteiger partial charge in [0.25, 0.3) is 0 Å². The van der Waals surface area contributed by atoms with Crippen LogP contribution in [0, 0.1) is 5.82 Å². The highest BCUT2D eigenvalue weighted by Crippen LogP contribution is 2.23. The molecule has 4 heteroatoms. The summed E-state index contributed by atoms with van der Waals surface area (Å²) in [7, 11) is 0. The highest BCUT2D eigenvalue weighted by Gasteiger charge is 2.04. The fraction of sp³-hybridized carbons (Fsp3) is 0. The third kappa shape index (κ3) is 2.09. The van der Waals surface area contributed by atoms with Gasteiger partial charge in [0.05, 0.1) is 10.7 Å². The minimum atomic E-state index is -0.463. The first kappa shape index (κ1) is 10.8. The van der Waals surface area contributed by atoms with E-state index in [9.17, 15) is 9.18 Å². The molecule has 2 rings (SSSR count). The Morgan fingerprint density at radius 3 is 2.62 bits per heavy atom. The molecule has 0 fully saturated rings. The van der Waals surface area contributed by atoms with Gasteiger partial charge in [-0.05, 0) is 30.3 Å². The Balaban J connectivity index is 2.42. The van der Waals surface area contributed by atoms with Crippen LogP contribution in [-0.4, -0.2) is 11.3 Å². The molecule has 0 aliphatic rings. The van der Waals surface area contributed by atoms with E-state index in [0.29, 0.717) is 23.1 Å². The topological polar surface area (TPSA) is 30.0 Å². The Hall–Kier alpha value is -1.74. The lowest BCUT2D eigenvalue weighted by molar-refractivity contribution is 0.112. The third-order valence-corrected chi connectivity index (χ3v) is 2.43.